The van der Waals surface area contributed by atoms with Gasteiger partial charge in [0.15, 0.2) is 0 Å². The van der Waals surface area contributed by atoms with E-state index in [1.54, 1.807) is 30.3 Å². The molecule has 0 heterocycles. The van der Waals surface area contributed by atoms with Crippen molar-refractivity contribution in [3.63, 3.8) is 0 Å². The number of carboxylic acids is 1. The summed E-state index contributed by atoms with van der Waals surface area (Å²) in [6, 6.07) is 6.58. The van der Waals surface area contributed by atoms with Crippen molar-refractivity contribution in [2.45, 2.75) is 20.3 Å². The summed E-state index contributed by atoms with van der Waals surface area (Å²) in [5, 5.41) is 18.1. The zero-order valence-corrected chi connectivity index (χ0v) is 9.47. The first-order valence-corrected chi connectivity index (χ1v) is 5.21. The van der Waals surface area contributed by atoms with Crippen molar-refractivity contribution in [3.05, 3.63) is 41.5 Å². The van der Waals surface area contributed by atoms with Gasteiger partial charge < -0.3 is 10.2 Å². The summed E-state index contributed by atoms with van der Waals surface area (Å²) in [6.07, 6.45) is 2.13. The van der Waals surface area contributed by atoms with Gasteiger partial charge in [-0.05, 0) is 23.6 Å². The minimum absolute atomic E-state index is 0.188. The van der Waals surface area contributed by atoms with Crippen LogP contribution in [0.4, 0.5) is 0 Å². The third kappa shape index (κ3) is 3.77. The lowest BCUT2D eigenvalue weighted by molar-refractivity contribution is -0.132. The van der Waals surface area contributed by atoms with E-state index in [0.29, 0.717) is 12.0 Å². The molecule has 3 nitrogen and oxygen atoms in total. The Hall–Kier alpha value is -1.77. The number of phenols is 1. The zero-order chi connectivity index (χ0) is 12.1. The molecule has 1 aromatic rings. The van der Waals surface area contributed by atoms with Crippen LogP contribution in [0.1, 0.15) is 19.4 Å². The maximum atomic E-state index is 11.0. The molecule has 86 valence electrons. The average Bonchev–Trinajstić information content (AvgIpc) is 2.19. The molecule has 0 aliphatic rings. The van der Waals surface area contributed by atoms with Crippen molar-refractivity contribution in [2.75, 3.05) is 0 Å². The van der Waals surface area contributed by atoms with E-state index in [2.05, 4.69) is 0 Å². The second-order valence-corrected chi connectivity index (χ2v) is 4.08. The SMILES string of the molecule is CC(C)C=C(Cc1ccc(O)cc1)C(=O)O. The monoisotopic (exact) mass is 220 g/mol. The number of aromatic hydroxyl groups is 1. The molecular weight excluding hydrogens is 204 g/mol. The van der Waals surface area contributed by atoms with Gasteiger partial charge in [0, 0.05) is 12.0 Å². The van der Waals surface area contributed by atoms with Gasteiger partial charge in [0.2, 0.25) is 0 Å². The predicted octanol–water partition coefficient (Wildman–Crippen LogP) is 2.60. The lowest BCUT2D eigenvalue weighted by Gasteiger charge is -2.05. The smallest absolute Gasteiger partial charge is 0.331 e. The molecule has 3 heteroatoms. The fourth-order valence-electron chi connectivity index (χ4n) is 1.44. The maximum Gasteiger partial charge on any atom is 0.331 e. The van der Waals surface area contributed by atoms with Crippen LogP contribution in [0.25, 0.3) is 0 Å². The quantitative estimate of drug-likeness (QED) is 0.767. The molecule has 0 fully saturated rings. The molecule has 0 radical (unpaired) electrons. The van der Waals surface area contributed by atoms with Gasteiger partial charge in [-0.1, -0.05) is 32.1 Å². The third-order valence-electron chi connectivity index (χ3n) is 2.14. The number of rotatable bonds is 4. The maximum absolute atomic E-state index is 11.0. The number of hydrogen-bond acceptors (Lipinski definition) is 2. The number of carboxylic acid groups (broad SMARTS) is 1. The number of benzene rings is 1. The molecule has 2 N–H and O–H groups in total. The molecule has 16 heavy (non-hydrogen) atoms. The fraction of sp³-hybridized carbons (Fsp3) is 0.308. The molecule has 0 unspecified atom stereocenters. The normalized spacial score (nSPS) is 11.8. The largest absolute Gasteiger partial charge is 0.508 e. The van der Waals surface area contributed by atoms with E-state index >= 15 is 0 Å². The lowest BCUT2D eigenvalue weighted by atomic mass is 10.0. The molecule has 0 aromatic heterocycles. The fourth-order valence-corrected chi connectivity index (χ4v) is 1.44. The molecule has 0 bridgehead atoms. The van der Waals surface area contributed by atoms with Crippen LogP contribution in [0, 0.1) is 5.92 Å². The van der Waals surface area contributed by atoms with Gasteiger partial charge in [0.1, 0.15) is 5.75 Å². The van der Waals surface area contributed by atoms with Crippen molar-refractivity contribution in [3.8, 4) is 5.75 Å². The summed E-state index contributed by atoms with van der Waals surface area (Å²) in [5.74, 6) is -0.488. The van der Waals surface area contributed by atoms with Crippen molar-refractivity contribution in [1.29, 1.82) is 0 Å². The van der Waals surface area contributed by atoms with Crippen LogP contribution in [0.15, 0.2) is 35.9 Å². The summed E-state index contributed by atoms with van der Waals surface area (Å²) < 4.78 is 0. The van der Waals surface area contributed by atoms with Gasteiger partial charge in [0.05, 0.1) is 0 Å². The number of carbonyl (C=O) groups is 1. The van der Waals surface area contributed by atoms with Crippen LogP contribution >= 0.6 is 0 Å². The first-order valence-electron chi connectivity index (χ1n) is 5.21. The summed E-state index contributed by atoms with van der Waals surface area (Å²) in [7, 11) is 0. The summed E-state index contributed by atoms with van der Waals surface area (Å²) in [6.45, 7) is 3.89. The average molecular weight is 220 g/mol. The van der Waals surface area contributed by atoms with Gasteiger partial charge in [-0.2, -0.15) is 0 Å². The Morgan fingerprint density at radius 3 is 2.31 bits per heavy atom. The molecule has 0 saturated heterocycles. The number of phenolic OH excluding ortho intramolecular Hbond substituents is 1. The topological polar surface area (TPSA) is 57.5 Å². The van der Waals surface area contributed by atoms with Crippen LogP contribution < -0.4 is 0 Å². The van der Waals surface area contributed by atoms with Crippen molar-refractivity contribution in [2.24, 2.45) is 5.92 Å². The lowest BCUT2D eigenvalue weighted by Crippen LogP contribution is -2.05. The highest BCUT2D eigenvalue weighted by molar-refractivity contribution is 5.87. The van der Waals surface area contributed by atoms with E-state index in [1.807, 2.05) is 13.8 Å². The Bertz CT molecular complexity index is 388. The predicted molar refractivity (Wildman–Crippen MR) is 62.4 cm³/mol. The van der Waals surface area contributed by atoms with Crippen molar-refractivity contribution in [1.82, 2.24) is 0 Å². The molecule has 0 aliphatic carbocycles. The van der Waals surface area contributed by atoms with E-state index in [1.165, 1.54) is 0 Å². The number of hydrogen-bond donors (Lipinski definition) is 2. The second-order valence-electron chi connectivity index (χ2n) is 4.08. The molecule has 1 rings (SSSR count). The van der Waals surface area contributed by atoms with E-state index < -0.39 is 5.97 Å². The van der Waals surface area contributed by atoms with Crippen LogP contribution in [0.3, 0.4) is 0 Å². The highest BCUT2D eigenvalue weighted by Gasteiger charge is 2.08. The third-order valence-corrected chi connectivity index (χ3v) is 2.14. The minimum atomic E-state index is -0.887. The number of aliphatic carboxylic acids is 1. The minimum Gasteiger partial charge on any atom is -0.508 e. The molecule has 0 spiro atoms. The Kier molecular flexibility index (Phi) is 4.11. The molecule has 0 aliphatic heterocycles. The zero-order valence-electron chi connectivity index (χ0n) is 9.47. The van der Waals surface area contributed by atoms with Gasteiger partial charge in [-0.25, -0.2) is 4.79 Å². The molecule has 0 atom stereocenters. The highest BCUT2D eigenvalue weighted by Crippen LogP contribution is 2.14. The Labute approximate surface area is 95.0 Å². The van der Waals surface area contributed by atoms with E-state index in [-0.39, 0.29) is 11.7 Å². The summed E-state index contributed by atoms with van der Waals surface area (Å²) >= 11 is 0. The van der Waals surface area contributed by atoms with Crippen molar-refractivity contribution >= 4 is 5.97 Å². The van der Waals surface area contributed by atoms with Crippen LogP contribution in [-0.2, 0) is 11.2 Å². The standard InChI is InChI=1S/C13H16O3/c1-9(2)7-11(13(15)16)8-10-3-5-12(14)6-4-10/h3-7,9,14H,8H2,1-2H3,(H,15,16). The Morgan fingerprint density at radius 1 is 1.31 bits per heavy atom. The van der Waals surface area contributed by atoms with E-state index in [0.717, 1.165) is 5.56 Å². The Balaban J connectivity index is 2.84. The van der Waals surface area contributed by atoms with Gasteiger partial charge >= 0.3 is 5.97 Å². The number of allylic oxidation sites excluding steroid dienone is 1. The van der Waals surface area contributed by atoms with E-state index in [4.69, 9.17) is 10.2 Å². The van der Waals surface area contributed by atoms with E-state index in [9.17, 15) is 4.79 Å². The van der Waals surface area contributed by atoms with Gasteiger partial charge in [0.25, 0.3) is 0 Å². The van der Waals surface area contributed by atoms with Crippen LogP contribution in [0.5, 0.6) is 5.75 Å². The molecule has 0 amide bonds. The van der Waals surface area contributed by atoms with Crippen LogP contribution in [0.2, 0.25) is 0 Å². The second kappa shape index (κ2) is 5.35. The highest BCUT2D eigenvalue weighted by atomic mass is 16.4. The summed E-state index contributed by atoms with van der Waals surface area (Å²) in [4.78, 5) is 11.0. The van der Waals surface area contributed by atoms with Gasteiger partial charge in [-0.15, -0.1) is 0 Å². The Morgan fingerprint density at radius 2 is 1.88 bits per heavy atom. The first-order chi connectivity index (χ1) is 7.49. The van der Waals surface area contributed by atoms with Crippen LogP contribution in [-0.4, -0.2) is 16.2 Å². The van der Waals surface area contributed by atoms with Crippen molar-refractivity contribution < 1.29 is 15.0 Å². The molecule has 1 aromatic carbocycles. The molecular formula is C13H16O3. The molecule has 0 saturated carbocycles. The van der Waals surface area contributed by atoms with Gasteiger partial charge in [-0.3, -0.25) is 0 Å². The first kappa shape index (κ1) is 12.3. The summed E-state index contributed by atoms with van der Waals surface area (Å²) in [5.41, 5.74) is 1.27.